The summed E-state index contributed by atoms with van der Waals surface area (Å²) in [4.78, 5) is 4.04. The summed E-state index contributed by atoms with van der Waals surface area (Å²) in [5.41, 5.74) is 0. The fourth-order valence-corrected chi connectivity index (χ4v) is 1.03. The van der Waals surface area contributed by atoms with Crippen LogP contribution in [-0.2, 0) is 0 Å². The Kier molecular flexibility index (Phi) is 4.92. The van der Waals surface area contributed by atoms with Crippen LogP contribution in [-0.4, -0.2) is 49.6 Å². The van der Waals surface area contributed by atoms with Gasteiger partial charge in [-0.25, -0.2) is 0 Å². The van der Waals surface area contributed by atoms with E-state index in [9.17, 15) is 0 Å². The molecular weight excluding hydrogens is 288 g/mol. The van der Waals surface area contributed by atoms with Crippen molar-refractivity contribution in [3.05, 3.63) is 24.4 Å². The molecule has 1 aromatic rings. The van der Waals surface area contributed by atoms with E-state index in [0.717, 1.165) is 25.8 Å². The molecule has 1 nitrogen and oxygen atoms in total. The molecule has 0 aliphatic rings. The van der Waals surface area contributed by atoms with Crippen LogP contribution in [0.4, 0.5) is 0 Å². The predicted octanol–water partition coefficient (Wildman–Crippen LogP) is -0.505. The van der Waals surface area contributed by atoms with Crippen LogP contribution in [0.15, 0.2) is 24.4 Å². The number of pyridine rings is 1. The fourth-order valence-electron chi connectivity index (χ4n) is 0.363. The molecule has 0 atom stereocenters. The first kappa shape index (κ1) is 8.67. The Morgan fingerprint density at radius 1 is 1.38 bits per heavy atom. The minimum atomic E-state index is 0. The Bertz CT molecular complexity index is 142. The van der Waals surface area contributed by atoms with Gasteiger partial charge in [-0.1, -0.05) is 0 Å². The molecule has 8 heavy (non-hydrogen) atoms. The minimum absolute atomic E-state index is 0. The molecule has 4 radical (unpaired) electrons. The van der Waals surface area contributed by atoms with Gasteiger partial charge < -0.3 is 0 Å². The van der Waals surface area contributed by atoms with E-state index in [4.69, 9.17) is 0 Å². The van der Waals surface area contributed by atoms with Gasteiger partial charge in [0.05, 0.1) is 0 Å². The summed E-state index contributed by atoms with van der Waals surface area (Å²) in [6.07, 6.45) is 1.82. The first-order valence-corrected chi connectivity index (χ1v) is 3.96. The van der Waals surface area contributed by atoms with Gasteiger partial charge in [-0.2, -0.15) is 0 Å². The summed E-state index contributed by atoms with van der Waals surface area (Å²) in [5.74, 6) is 0. The van der Waals surface area contributed by atoms with Crippen LogP contribution in [0.1, 0.15) is 0 Å². The molecule has 3 heteroatoms. The molecule has 0 bridgehead atoms. The fraction of sp³-hybridized carbons (Fsp3) is 0. The van der Waals surface area contributed by atoms with Crippen molar-refractivity contribution in [2.75, 3.05) is 0 Å². The number of rotatable bonds is 0. The van der Waals surface area contributed by atoms with Gasteiger partial charge in [0.15, 0.2) is 0 Å². The molecule has 0 aliphatic heterocycles. The molecule has 0 saturated heterocycles. The summed E-state index contributed by atoms with van der Waals surface area (Å²) in [5, 5.41) is 0. The van der Waals surface area contributed by atoms with Gasteiger partial charge in [-0.3, -0.25) is 0 Å². The van der Waals surface area contributed by atoms with E-state index in [2.05, 4.69) is 4.98 Å². The number of aromatic nitrogens is 1. The Labute approximate surface area is 76.8 Å². The monoisotopic (exact) mass is 293 g/mol. The van der Waals surface area contributed by atoms with Gasteiger partial charge in [-0.15, -0.1) is 0 Å². The third kappa shape index (κ3) is 2.85. The quantitative estimate of drug-likeness (QED) is 0.587. The second-order valence-electron chi connectivity index (χ2n) is 1.21. The third-order valence-electron chi connectivity index (χ3n) is 0.665. The second kappa shape index (κ2) is 4.54. The Morgan fingerprint density at radius 2 is 2.12 bits per heavy atom. The normalized spacial score (nSPS) is 7.62. The van der Waals surface area contributed by atoms with Gasteiger partial charge in [0.1, 0.15) is 0 Å². The SMILES string of the molecule is [Li].[Pb][c]1ccccn1. The van der Waals surface area contributed by atoms with Crippen molar-refractivity contribution in [3.8, 4) is 0 Å². The topological polar surface area (TPSA) is 12.9 Å². The van der Waals surface area contributed by atoms with Gasteiger partial charge in [0, 0.05) is 18.9 Å². The van der Waals surface area contributed by atoms with Crippen molar-refractivity contribution in [2.45, 2.75) is 0 Å². The summed E-state index contributed by atoms with van der Waals surface area (Å²) in [6.45, 7) is 0. The number of hydrogen-bond donors (Lipinski definition) is 0. The maximum absolute atomic E-state index is 4.04. The molecule has 0 unspecified atom stereocenters. The summed E-state index contributed by atoms with van der Waals surface area (Å²) in [6, 6.07) is 5.98. The van der Waals surface area contributed by atoms with Crippen molar-refractivity contribution < 1.29 is 0 Å². The number of hydrogen-bond acceptors (Lipinski definition) is 1. The molecule has 0 aromatic carbocycles. The standard InChI is InChI=1S/C5H4N.Li.Pb/c1-2-4-6-5-3-1;;/h1-4H;;. The molecule has 0 amide bonds. The van der Waals surface area contributed by atoms with Crippen molar-refractivity contribution >= 4 is 47.9 Å². The van der Waals surface area contributed by atoms with Crippen molar-refractivity contribution in [2.24, 2.45) is 0 Å². The summed E-state index contributed by atoms with van der Waals surface area (Å²) >= 11 is 1.06. The summed E-state index contributed by atoms with van der Waals surface area (Å²) in [7, 11) is 0. The van der Waals surface area contributed by atoms with Gasteiger partial charge in [0.2, 0.25) is 0 Å². The zero-order valence-corrected chi connectivity index (χ0v) is 8.64. The molecule has 0 N–H and O–H groups in total. The molecule has 0 fully saturated rings. The van der Waals surface area contributed by atoms with E-state index in [1.165, 1.54) is 3.25 Å². The summed E-state index contributed by atoms with van der Waals surface area (Å²) < 4.78 is 1.21. The average Bonchev–Trinajstić information content (AvgIpc) is 1.69. The second-order valence-corrected chi connectivity index (χ2v) is 3.21. The van der Waals surface area contributed by atoms with Gasteiger partial charge in [-0.05, 0) is 0 Å². The molecule has 0 saturated carbocycles. The number of nitrogens with zero attached hydrogens (tertiary/aromatic N) is 1. The van der Waals surface area contributed by atoms with E-state index in [1.807, 2.05) is 24.4 Å². The Morgan fingerprint density at radius 3 is 2.38 bits per heavy atom. The van der Waals surface area contributed by atoms with Crippen LogP contribution in [0, 0.1) is 0 Å². The average molecular weight is 292 g/mol. The molecule has 1 rings (SSSR count). The first-order chi connectivity index (χ1) is 3.39. The molecular formula is C5H4LiNPb. The van der Waals surface area contributed by atoms with Crippen molar-refractivity contribution in [3.63, 3.8) is 0 Å². The molecule has 0 aliphatic carbocycles. The Balaban J connectivity index is 0.000000490. The molecule has 34 valence electrons. The van der Waals surface area contributed by atoms with E-state index in [0.29, 0.717) is 0 Å². The Hall–Kier alpha value is 0.669. The van der Waals surface area contributed by atoms with E-state index in [1.54, 1.807) is 0 Å². The molecule has 1 heterocycles. The maximum atomic E-state index is 4.04. The van der Waals surface area contributed by atoms with Gasteiger partial charge >= 0.3 is 58.4 Å². The van der Waals surface area contributed by atoms with Crippen LogP contribution in [0.3, 0.4) is 0 Å². The van der Waals surface area contributed by atoms with Crippen LogP contribution < -0.4 is 3.25 Å². The van der Waals surface area contributed by atoms with E-state index < -0.39 is 0 Å². The van der Waals surface area contributed by atoms with Crippen LogP contribution in [0.25, 0.3) is 0 Å². The molecule has 0 spiro atoms. The van der Waals surface area contributed by atoms with Crippen molar-refractivity contribution in [1.29, 1.82) is 0 Å². The van der Waals surface area contributed by atoms with E-state index in [-0.39, 0.29) is 18.9 Å². The third-order valence-corrected chi connectivity index (χ3v) is 1.81. The van der Waals surface area contributed by atoms with Crippen LogP contribution in [0.5, 0.6) is 0 Å². The predicted molar refractivity (Wildman–Crippen MR) is 35.4 cm³/mol. The zero-order chi connectivity index (χ0) is 5.11. The van der Waals surface area contributed by atoms with Crippen molar-refractivity contribution in [1.82, 2.24) is 4.98 Å². The van der Waals surface area contributed by atoms with Gasteiger partial charge in [0.25, 0.3) is 0 Å². The zero-order valence-electron chi connectivity index (χ0n) is 4.76. The van der Waals surface area contributed by atoms with Crippen LogP contribution in [0.2, 0.25) is 0 Å². The van der Waals surface area contributed by atoms with E-state index >= 15 is 0 Å². The first-order valence-electron chi connectivity index (χ1n) is 2.02. The van der Waals surface area contributed by atoms with Crippen LogP contribution >= 0.6 is 0 Å². The molecule has 1 aromatic heterocycles.